The van der Waals surface area contributed by atoms with Crippen molar-refractivity contribution >= 4 is 50.9 Å². The molecule has 5 heterocycles. The lowest BCUT2D eigenvalue weighted by Crippen LogP contribution is -2.50. The molecule has 2 aromatic heterocycles. The van der Waals surface area contributed by atoms with Gasteiger partial charge < -0.3 is 19.9 Å². The maximum atomic E-state index is 13.5. The minimum absolute atomic E-state index is 0.0233. The Hall–Kier alpha value is -3.04. The normalized spacial score (nSPS) is 24.6. The molecule has 0 unspecified atom stereocenters. The van der Waals surface area contributed by atoms with Gasteiger partial charge in [0.15, 0.2) is 0 Å². The molecule has 1 amide bonds. The highest BCUT2D eigenvalue weighted by molar-refractivity contribution is 7.19. The van der Waals surface area contributed by atoms with E-state index >= 15 is 0 Å². The molecular weight excluding hydrogens is 496 g/mol. The maximum absolute atomic E-state index is 13.5. The van der Waals surface area contributed by atoms with Gasteiger partial charge in [0, 0.05) is 43.2 Å². The first kappa shape index (κ1) is 24.0. The number of amides is 1. The van der Waals surface area contributed by atoms with E-state index in [1.807, 2.05) is 11.1 Å². The lowest BCUT2D eigenvalue weighted by Gasteiger charge is -2.37. The first-order valence-corrected chi connectivity index (χ1v) is 14.7. The van der Waals surface area contributed by atoms with Crippen LogP contribution in [-0.2, 0) is 28.9 Å². The minimum atomic E-state index is 0.0233. The number of thiophene rings is 1. The fourth-order valence-electron chi connectivity index (χ4n) is 6.63. The molecule has 1 N–H and O–H groups in total. The summed E-state index contributed by atoms with van der Waals surface area (Å²) in [6.07, 6.45) is 8.79. The molecule has 3 aliphatic heterocycles. The molecule has 0 radical (unpaired) electrons. The van der Waals surface area contributed by atoms with E-state index in [0.717, 1.165) is 60.6 Å². The molecule has 4 aliphatic rings. The van der Waals surface area contributed by atoms with Crippen LogP contribution in [0.5, 0.6) is 0 Å². The van der Waals surface area contributed by atoms with E-state index in [9.17, 15) is 4.79 Å². The largest absolute Gasteiger partial charge is 0.372 e. The van der Waals surface area contributed by atoms with E-state index in [2.05, 4.69) is 46.2 Å². The number of nitrogens with one attached hydrogen (secondary N) is 1. The zero-order valence-electron chi connectivity index (χ0n) is 22.1. The van der Waals surface area contributed by atoms with Gasteiger partial charge in [0.25, 0.3) is 0 Å². The molecule has 1 aliphatic carbocycles. The van der Waals surface area contributed by atoms with Gasteiger partial charge in [-0.2, -0.15) is 0 Å². The first-order chi connectivity index (χ1) is 18.5. The molecule has 198 valence electrons. The maximum Gasteiger partial charge on any atom is 0.226 e. The number of morpholine rings is 1. The van der Waals surface area contributed by atoms with Crippen molar-refractivity contribution in [2.24, 2.45) is 10.9 Å². The van der Waals surface area contributed by atoms with Crippen molar-refractivity contribution in [3.8, 4) is 0 Å². The highest BCUT2D eigenvalue weighted by Crippen LogP contribution is 2.42. The zero-order valence-corrected chi connectivity index (χ0v) is 22.9. The van der Waals surface area contributed by atoms with Crippen LogP contribution in [0.15, 0.2) is 23.5 Å². The van der Waals surface area contributed by atoms with E-state index in [0.29, 0.717) is 13.1 Å². The van der Waals surface area contributed by atoms with Gasteiger partial charge in [-0.1, -0.05) is 0 Å². The summed E-state index contributed by atoms with van der Waals surface area (Å²) < 4.78 is 5.85. The van der Waals surface area contributed by atoms with Gasteiger partial charge >= 0.3 is 0 Å². The molecule has 0 saturated carbocycles. The number of anilines is 3. The Morgan fingerprint density at radius 2 is 1.95 bits per heavy atom. The van der Waals surface area contributed by atoms with Crippen LogP contribution in [-0.4, -0.2) is 65.4 Å². The Kier molecular flexibility index (Phi) is 6.08. The summed E-state index contributed by atoms with van der Waals surface area (Å²) in [5.74, 6) is 1.16. The van der Waals surface area contributed by atoms with E-state index in [4.69, 9.17) is 9.72 Å². The fourth-order valence-corrected chi connectivity index (χ4v) is 7.89. The van der Waals surface area contributed by atoms with Crippen LogP contribution in [0.2, 0.25) is 0 Å². The van der Waals surface area contributed by atoms with Crippen molar-refractivity contribution < 1.29 is 9.53 Å². The number of fused-ring (bicyclic) bond motifs is 4. The van der Waals surface area contributed by atoms with Crippen LogP contribution >= 0.6 is 11.3 Å². The standard InChI is InChI=1S/C29H34N6O2S/c1-17-14-35(15-18(2)37-17)29(36)19-5-6-22-25(11-19)38-28-26(22)27(31-16-32-28)33-23-9-20-12-30-13-21(20)10-24(23)34-7-3-4-8-34/h9-10,12,16-19H,3-8,11,13-15H2,1-2H3,(H,31,32,33)/t17-,18+,19-/m0/s1. The Balaban J connectivity index is 1.19. The molecular formula is C29H34N6O2S. The summed E-state index contributed by atoms with van der Waals surface area (Å²) in [5.41, 5.74) is 6.10. The smallest absolute Gasteiger partial charge is 0.226 e. The monoisotopic (exact) mass is 530 g/mol. The van der Waals surface area contributed by atoms with Crippen LogP contribution in [0.4, 0.5) is 17.2 Å². The topological polar surface area (TPSA) is 83.0 Å². The summed E-state index contributed by atoms with van der Waals surface area (Å²) >= 11 is 1.72. The number of hydrogen-bond acceptors (Lipinski definition) is 8. The molecule has 3 atom stereocenters. The van der Waals surface area contributed by atoms with Gasteiger partial charge in [-0.3, -0.25) is 9.79 Å². The number of aryl methyl sites for hydroxylation is 1. The SMILES string of the molecule is C[C@@H]1CN(C(=O)[C@H]2CCc3c(sc4ncnc(Nc5cc6c(cc5N5CCCC5)CN=C6)c34)C2)C[C@H](C)O1. The first-order valence-electron chi connectivity index (χ1n) is 13.9. The molecule has 38 heavy (non-hydrogen) atoms. The average molecular weight is 531 g/mol. The summed E-state index contributed by atoms with van der Waals surface area (Å²) in [5, 5.41) is 4.84. The van der Waals surface area contributed by atoms with E-state index in [1.165, 1.54) is 40.1 Å². The molecule has 7 rings (SSSR count). The second-order valence-corrected chi connectivity index (χ2v) is 12.3. The molecule has 2 saturated heterocycles. The molecule has 9 heteroatoms. The minimum Gasteiger partial charge on any atom is -0.372 e. The van der Waals surface area contributed by atoms with E-state index in [-0.39, 0.29) is 24.0 Å². The Labute approximate surface area is 227 Å². The number of carbonyl (C=O) groups is 1. The molecule has 0 bridgehead atoms. The Bertz CT molecular complexity index is 1420. The summed E-state index contributed by atoms with van der Waals surface area (Å²) in [6, 6.07) is 4.53. The molecule has 0 spiro atoms. The van der Waals surface area contributed by atoms with Gasteiger partial charge in [0.2, 0.25) is 5.91 Å². The number of hydrogen-bond donors (Lipinski definition) is 1. The molecule has 1 aromatic carbocycles. The number of carbonyl (C=O) groups excluding carboxylic acids is 1. The number of aliphatic imine (C=N–C) groups is 1. The van der Waals surface area contributed by atoms with Crippen molar-refractivity contribution in [2.75, 3.05) is 36.4 Å². The van der Waals surface area contributed by atoms with Crippen LogP contribution in [0.1, 0.15) is 54.7 Å². The van der Waals surface area contributed by atoms with Crippen LogP contribution in [0.25, 0.3) is 10.2 Å². The lowest BCUT2D eigenvalue weighted by molar-refractivity contribution is -0.147. The highest BCUT2D eigenvalue weighted by atomic mass is 32.1. The molecule has 8 nitrogen and oxygen atoms in total. The van der Waals surface area contributed by atoms with Crippen molar-refractivity contribution in [1.29, 1.82) is 0 Å². The lowest BCUT2D eigenvalue weighted by atomic mass is 9.86. The van der Waals surface area contributed by atoms with Crippen LogP contribution < -0.4 is 10.2 Å². The van der Waals surface area contributed by atoms with Crippen molar-refractivity contribution in [3.05, 3.63) is 40.0 Å². The summed E-state index contributed by atoms with van der Waals surface area (Å²) in [4.78, 5) is 34.1. The van der Waals surface area contributed by atoms with Gasteiger partial charge in [-0.05, 0) is 74.8 Å². The Morgan fingerprint density at radius 1 is 1.13 bits per heavy atom. The number of aromatic nitrogens is 2. The quantitative estimate of drug-likeness (QED) is 0.526. The van der Waals surface area contributed by atoms with Gasteiger partial charge in [0.1, 0.15) is 17.0 Å². The number of rotatable bonds is 4. The third kappa shape index (κ3) is 4.25. The highest BCUT2D eigenvalue weighted by Gasteiger charge is 2.34. The number of benzene rings is 1. The number of nitrogens with zero attached hydrogens (tertiary/aromatic N) is 5. The predicted molar refractivity (Wildman–Crippen MR) is 152 cm³/mol. The predicted octanol–water partition coefficient (Wildman–Crippen LogP) is 4.71. The third-order valence-electron chi connectivity index (χ3n) is 8.38. The summed E-state index contributed by atoms with van der Waals surface area (Å²) in [6.45, 7) is 8.39. The zero-order chi connectivity index (χ0) is 25.8. The fraction of sp³-hybridized carbons (Fsp3) is 0.517. The van der Waals surface area contributed by atoms with E-state index < -0.39 is 0 Å². The molecule has 2 fully saturated rings. The van der Waals surface area contributed by atoms with Crippen molar-refractivity contribution in [3.63, 3.8) is 0 Å². The van der Waals surface area contributed by atoms with Crippen molar-refractivity contribution in [2.45, 2.75) is 64.7 Å². The number of ether oxygens (including phenoxy) is 1. The van der Waals surface area contributed by atoms with Gasteiger partial charge in [0.05, 0.1) is 35.5 Å². The van der Waals surface area contributed by atoms with Crippen LogP contribution in [0, 0.1) is 5.92 Å². The van der Waals surface area contributed by atoms with Gasteiger partial charge in [-0.15, -0.1) is 11.3 Å². The van der Waals surface area contributed by atoms with E-state index in [1.54, 1.807) is 17.7 Å². The summed E-state index contributed by atoms with van der Waals surface area (Å²) in [7, 11) is 0. The molecule has 3 aromatic rings. The van der Waals surface area contributed by atoms with Crippen molar-refractivity contribution in [1.82, 2.24) is 14.9 Å². The van der Waals surface area contributed by atoms with Crippen LogP contribution in [0.3, 0.4) is 0 Å². The average Bonchev–Trinajstić information content (AvgIpc) is 3.66. The second-order valence-electron chi connectivity index (χ2n) is 11.2. The van der Waals surface area contributed by atoms with Gasteiger partial charge in [-0.25, -0.2) is 9.97 Å². The third-order valence-corrected chi connectivity index (χ3v) is 9.54. The Morgan fingerprint density at radius 3 is 2.76 bits per heavy atom. The second kappa shape index (κ2) is 9.61.